The van der Waals surface area contributed by atoms with Gasteiger partial charge in [-0.05, 0) is 25.1 Å². The molecule has 5 heteroatoms. The molecule has 1 N–H and O–H groups in total. The molecule has 0 aliphatic carbocycles. The summed E-state index contributed by atoms with van der Waals surface area (Å²) in [6.45, 7) is 2.06. The van der Waals surface area contributed by atoms with Gasteiger partial charge >= 0.3 is 0 Å². The third kappa shape index (κ3) is 2.02. The van der Waals surface area contributed by atoms with E-state index in [1.54, 1.807) is 16.9 Å². The Hall–Kier alpha value is -2.43. The van der Waals surface area contributed by atoms with E-state index in [0.29, 0.717) is 0 Å². The smallest absolute Gasteiger partial charge is 0.157 e. The van der Waals surface area contributed by atoms with Gasteiger partial charge in [-0.15, -0.1) is 0 Å². The minimum absolute atomic E-state index is 0.115. The van der Waals surface area contributed by atoms with Crippen LogP contribution in [0.5, 0.6) is 0 Å². The lowest BCUT2D eigenvalue weighted by atomic mass is 10.2. The number of hydrogen-bond acceptors (Lipinski definition) is 4. The van der Waals surface area contributed by atoms with Crippen molar-refractivity contribution in [3.63, 3.8) is 0 Å². The first-order valence-electron chi connectivity index (χ1n) is 5.81. The van der Waals surface area contributed by atoms with Crippen molar-refractivity contribution in [2.24, 2.45) is 0 Å². The van der Waals surface area contributed by atoms with Crippen molar-refractivity contribution in [1.29, 1.82) is 0 Å². The van der Waals surface area contributed by atoms with Crippen LogP contribution < -0.4 is 5.32 Å². The maximum Gasteiger partial charge on any atom is 0.157 e. The fourth-order valence-corrected chi connectivity index (χ4v) is 1.82. The highest BCUT2D eigenvalue weighted by molar-refractivity contribution is 5.46. The number of pyridine rings is 1. The summed E-state index contributed by atoms with van der Waals surface area (Å²) in [4.78, 5) is 8.78. The van der Waals surface area contributed by atoms with Crippen molar-refractivity contribution in [3.8, 4) is 0 Å². The molecule has 0 fully saturated rings. The molecule has 3 heterocycles. The standard InChI is InChI=1S/C13H13N5/c1-10(11-4-2-3-7-14-11)16-12-6-9-18-13(17-12)5-8-15-18/h2-10H,1H3,(H,16,17). The predicted octanol–water partition coefficient (Wildman–Crippen LogP) is 2.30. The molecule has 3 aromatic rings. The quantitative estimate of drug-likeness (QED) is 0.762. The molecule has 1 unspecified atom stereocenters. The van der Waals surface area contributed by atoms with Crippen LogP contribution in [0.15, 0.2) is 48.9 Å². The average molecular weight is 239 g/mol. The zero-order chi connectivity index (χ0) is 12.4. The monoisotopic (exact) mass is 239 g/mol. The molecule has 3 rings (SSSR count). The number of nitrogens with one attached hydrogen (secondary N) is 1. The van der Waals surface area contributed by atoms with Gasteiger partial charge in [0.2, 0.25) is 0 Å². The van der Waals surface area contributed by atoms with Crippen LogP contribution in [0.4, 0.5) is 5.82 Å². The maximum atomic E-state index is 4.46. The topological polar surface area (TPSA) is 55.1 Å². The average Bonchev–Trinajstić information content (AvgIpc) is 2.87. The molecule has 0 spiro atoms. The van der Waals surface area contributed by atoms with E-state index in [9.17, 15) is 0 Å². The van der Waals surface area contributed by atoms with E-state index in [-0.39, 0.29) is 6.04 Å². The second-order valence-corrected chi connectivity index (χ2v) is 4.07. The molecule has 0 aliphatic heterocycles. The number of rotatable bonds is 3. The lowest BCUT2D eigenvalue weighted by molar-refractivity contribution is 0.828. The Morgan fingerprint density at radius 3 is 2.94 bits per heavy atom. The molecule has 5 nitrogen and oxygen atoms in total. The second-order valence-electron chi connectivity index (χ2n) is 4.07. The lowest BCUT2D eigenvalue weighted by Crippen LogP contribution is -2.09. The second kappa shape index (κ2) is 4.44. The Morgan fingerprint density at radius 1 is 1.17 bits per heavy atom. The van der Waals surface area contributed by atoms with Gasteiger partial charge in [0.25, 0.3) is 0 Å². The SMILES string of the molecule is CC(Nc1ccn2nccc2n1)c1ccccn1. The van der Waals surface area contributed by atoms with Gasteiger partial charge in [-0.25, -0.2) is 9.50 Å². The summed E-state index contributed by atoms with van der Waals surface area (Å²) in [6, 6.07) is 9.77. The Balaban J connectivity index is 1.83. The largest absolute Gasteiger partial charge is 0.362 e. The molecule has 90 valence electrons. The van der Waals surface area contributed by atoms with E-state index in [4.69, 9.17) is 0 Å². The van der Waals surface area contributed by atoms with Gasteiger partial charge in [0, 0.05) is 18.5 Å². The number of anilines is 1. The molecular formula is C13H13N5. The van der Waals surface area contributed by atoms with Gasteiger partial charge < -0.3 is 5.32 Å². The van der Waals surface area contributed by atoms with Gasteiger partial charge in [-0.2, -0.15) is 5.10 Å². The summed E-state index contributed by atoms with van der Waals surface area (Å²) < 4.78 is 1.73. The molecule has 1 atom stereocenters. The van der Waals surface area contributed by atoms with Crippen molar-refractivity contribution >= 4 is 11.5 Å². The molecule has 0 radical (unpaired) electrons. The highest BCUT2D eigenvalue weighted by atomic mass is 15.2. The van der Waals surface area contributed by atoms with E-state index in [2.05, 4.69) is 27.3 Å². The van der Waals surface area contributed by atoms with Crippen LogP contribution in [0.3, 0.4) is 0 Å². The summed E-state index contributed by atoms with van der Waals surface area (Å²) in [5.74, 6) is 0.821. The summed E-state index contributed by atoms with van der Waals surface area (Å²) in [7, 11) is 0. The summed E-state index contributed by atoms with van der Waals surface area (Å²) in [6.07, 6.45) is 5.41. The van der Waals surface area contributed by atoms with E-state index in [1.165, 1.54) is 0 Å². The zero-order valence-electron chi connectivity index (χ0n) is 9.99. The minimum Gasteiger partial charge on any atom is -0.362 e. The van der Waals surface area contributed by atoms with Crippen molar-refractivity contribution in [2.45, 2.75) is 13.0 Å². The first kappa shape index (κ1) is 10.7. The fraction of sp³-hybridized carbons (Fsp3) is 0.154. The Bertz CT molecular complexity index is 647. The molecule has 3 aromatic heterocycles. The van der Waals surface area contributed by atoms with Gasteiger partial charge in [-0.1, -0.05) is 6.07 Å². The van der Waals surface area contributed by atoms with Crippen LogP contribution >= 0.6 is 0 Å². The van der Waals surface area contributed by atoms with Crippen LogP contribution in [0.1, 0.15) is 18.7 Å². The summed E-state index contributed by atoms with van der Waals surface area (Å²) in [5.41, 5.74) is 1.82. The lowest BCUT2D eigenvalue weighted by Gasteiger charge is -2.13. The molecular weight excluding hydrogens is 226 g/mol. The third-order valence-corrected chi connectivity index (χ3v) is 2.75. The van der Waals surface area contributed by atoms with Crippen LogP contribution in [-0.4, -0.2) is 19.6 Å². The number of aromatic nitrogens is 4. The summed E-state index contributed by atoms with van der Waals surface area (Å²) in [5, 5.41) is 7.44. The van der Waals surface area contributed by atoms with Crippen LogP contribution in [0, 0.1) is 0 Å². The van der Waals surface area contributed by atoms with Crippen LogP contribution in [-0.2, 0) is 0 Å². The van der Waals surface area contributed by atoms with Crippen LogP contribution in [0.25, 0.3) is 5.65 Å². The van der Waals surface area contributed by atoms with Gasteiger partial charge in [0.05, 0.1) is 17.9 Å². The maximum absolute atomic E-state index is 4.46. The number of nitrogens with zero attached hydrogens (tertiary/aromatic N) is 4. The van der Waals surface area contributed by atoms with Crippen molar-refractivity contribution in [1.82, 2.24) is 19.6 Å². The summed E-state index contributed by atoms with van der Waals surface area (Å²) >= 11 is 0. The van der Waals surface area contributed by atoms with E-state index >= 15 is 0 Å². The molecule has 0 aliphatic rings. The first-order chi connectivity index (χ1) is 8.83. The third-order valence-electron chi connectivity index (χ3n) is 2.75. The first-order valence-corrected chi connectivity index (χ1v) is 5.81. The van der Waals surface area contributed by atoms with Gasteiger partial charge in [0.1, 0.15) is 5.82 Å². The molecule has 0 amide bonds. The van der Waals surface area contributed by atoms with E-state index in [1.807, 2.05) is 36.5 Å². The highest BCUT2D eigenvalue weighted by Gasteiger charge is 2.07. The van der Waals surface area contributed by atoms with E-state index in [0.717, 1.165) is 17.2 Å². The number of hydrogen-bond donors (Lipinski definition) is 1. The minimum atomic E-state index is 0.115. The Morgan fingerprint density at radius 2 is 2.11 bits per heavy atom. The Kier molecular flexibility index (Phi) is 2.64. The van der Waals surface area contributed by atoms with E-state index < -0.39 is 0 Å². The van der Waals surface area contributed by atoms with Crippen LogP contribution in [0.2, 0.25) is 0 Å². The van der Waals surface area contributed by atoms with Gasteiger partial charge in [0.15, 0.2) is 5.65 Å². The van der Waals surface area contributed by atoms with Crippen molar-refractivity contribution in [3.05, 3.63) is 54.6 Å². The van der Waals surface area contributed by atoms with Crippen molar-refractivity contribution < 1.29 is 0 Å². The highest BCUT2D eigenvalue weighted by Crippen LogP contribution is 2.15. The normalized spacial score (nSPS) is 12.5. The Labute approximate surface area is 105 Å². The molecule has 0 aromatic carbocycles. The molecule has 0 bridgehead atoms. The van der Waals surface area contributed by atoms with Gasteiger partial charge in [-0.3, -0.25) is 4.98 Å². The molecule has 0 saturated heterocycles. The number of fused-ring (bicyclic) bond motifs is 1. The zero-order valence-corrected chi connectivity index (χ0v) is 9.99. The molecule has 0 saturated carbocycles. The predicted molar refractivity (Wildman–Crippen MR) is 69.3 cm³/mol. The molecule has 18 heavy (non-hydrogen) atoms. The van der Waals surface area contributed by atoms with Crippen molar-refractivity contribution in [2.75, 3.05) is 5.32 Å². The fourth-order valence-electron chi connectivity index (χ4n) is 1.82.